The van der Waals surface area contributed by atoms with Gasteiger partial charge in [0.2, 0.25) is 10.0 Å². The number of carbonyl (C=O) groups is 1. The van der Waals surface area contributed by atoms with E-state index in [9.17, 15) is 22.9 Å². The lowest BCUT2D eigenvalue weighted by atomic mass is 9.62. The molecular weight excluding hydrogens is 644 g/mol. The molecule has 2 N–H and O–H groups in total. The summed E-state index contributed by atoms with van der Waals surface area (Å²) in [5.74, 6) is 0.460. The monoisotopic (exact) mass is 690 g/mol. The number of nitrogens with zero attached hydrogens (tertiary/aromatic N) is 1. The van der Waals surface area contributed by atoms with E-state index in [2.05, 4.69) is 21.8 Å². The zero-order valence-electron chi connectivity index (χ0n) is 27.1. The molecule has 2 aliphatic heterocycles. The highest BCUT2D eigenvalue weighted by Gasteiger charge is 2.49. The van der Waals surface area contributed by atoms with Crippen LogP contribution >= 0.6 is 11.6 Å². The summed E-state index contributed by atoms with van der Waals surface area (Å²) in [5.41, 5.74) is 2.22. The number of amides is 1. The molecule has 2 aromatic carbocycles. The van der Waals surface area contributed by atoms with Gasteiger partial charge < -0.3 is 19.3 Å². The molecule has 1 fully saturated rings. The van der Waals surface area contributed by atoms with E-state index in [1.807, 2.05) is 13.0 Å². The van der Waals surface area contributed by atoms with E-state index in [-0.39, 0.29) is 28.7 Å². The minimum Gasteiger partial charge on any atom is -0.617 e. The van der Waals surface area contributed by atoms with Crippen molar-refractivity contribution in [2.24, 2.45) is 17.8 Å². The number of fused-ring (bicyclic) bond motifs is 4. The first-order valence-electron chi connectivity index (χ1n) is 16.7. The largest absolute Gasteiger partial charge is 0.617 e. The molecule has 8 nitrogen and oxygen atoms in total. The normalized spacial score (nSPS) is 33.4. The zero-order valence-corrected chi connectivity index (χ0v) is 29.5. The third kappa shape index (κ3) is 6.66. The van der Waals surface area contributed by atoms with Crippen LogP contribution in [0.3, 0.4) is 0 Å². The lowest BCUT2D eigenvalue weighted by molar-refractivity contribution is -0.0903. The molecule has 11 heteroatoms. The van der Waals surface area contributed by atoms with Crippen LogP contribution in [-0.4, -0.2) is 66.5 Å². The summed E-state index contributed by atoms with van der Waals surface area (Å²) in [6.45, 7) is 5.32. The number of aryl methyl sites for hydroxylation is 1. The Morgan fingerprint density at radius 1 is 1.13 bits per heavy atom. The van der Waals surface area contributed by atoms with E-state index >= 15 is 0 Å². The van der Waals surface area contributed by atoms with Crippen molar-refractivity contribution in [3.05, 3.63) is 58.1 Å². The third-order valence-electron chi connectivity index (χ3n) is 11.5. The molecule has 0 saturated heterocycles. The molecule has 0 aromatic heterocycles. The van der Waals surface area contributed by atoms with Crippen molar-refractivity contribution in [2.75, 3.05) is 36.6 Å². The summed E-state index contributed by atoms with van der Waals surface area (Å²) in [4.78, 5) is 15.8. The number of anilines is 1. The maximum absolute atomic E-state index is 13.5. The van der Waals surface area contributed by atoms with Crippen molar-refractivity contribution in [1.29, 1.82) is 0 Å². The Kier molecular flexibility index (Phi) is 9.69. The number of benzene rings is 2. The van der Waals surface area contributed by atoms with E-state index in [1.54, 1.807) is 31.4 Å². The van der Waals surface area contributed by atoms with Crippen LogP contribution in [0.4, 0.5) is 5.69 Å². The van der Waals surface area contributed by atoms with Crippen molar-refractivity contribution < 1.29 is 27.6 Å². The average molecular weight is 691 g/mol. The van der Waals surface area contributed by atoms with E-state index in [4.69, 9.17) is 16.3 Å². The minimum atomic E-state index is -3.95. The molecule has 1 unspecified atom stereocenters. The first-order chi connectivity index (χ1) is 21.8. The summed E-state index contributed by atoms with van der Waals surface area (Å²) in [7, 11) is -3.95. The maximum atomic E-state index is 13.5. The van der Waals surface area contributed by atoms with Crippen LogP contribution in [0.2, 0.25) is 5.02 Å². The summed E-state index contributed by atoms with van der Waals surface area (Å²) in [5, 5.41) is 12.2. The standard InChI is InChI=1S/C35H47ClN2O6S2/c1-23-6-4-15-35(40,16-17-45(3)41)30-11-8-27(30)20-38-21-34(14-5-7-25-18-28(36)10-12-29(25)34)22-44-32-13-9-26(19-31(32)38)33(39)37-46(42,43)24(23)2/h9-10,12-13,18-19,23-24,27,30,40H,4-8,11,14-17,20-22H2,1-3H3,(H,37,39)/t23-,24+,27-,30+,34-,35+,45?/m0/s1. The number of hydrogen-bond donors (Lipinski definition) is 2. The summed E-state index contributed by atoms with van der Waals surface area (Å²) >= 11 is 5.39. The van der Waals surface area contributed by atoms with Crippen LogP contribution in [-0.2, 0) is 33.0 Å². The second kappa shape index (κ2) is 13.1. The molecule has 46 heavy (non-hydrogen) atoms. The number of carbonyl (C=O) groups excluding carboxylic acids is 1. The highest BCUT2D eigenvalue weighted by Crippen LogP contribution is 2.49. The number of ether oxygens (including phenoxy) is 1. The topological polar surface area (TPSA) is 119 Å². The highest BCUT2D eigenvalue weighted by molar-refractivity contribution is 7.90. The molecule has 2 aliphatic carbocycles. The highest BCUT2D eigenvalue weighted by atomic mass is 35.5. The van der Waals surface area contributed by atoms with Gasteiger partial charge in [0.15, 0.2) is 0 Å². The molecule has 1 amide bonds. The van der Waals surface area contributed by atoms with Gasteiger partial charge in [-0.25, -0.2) is 13.1 Å². The second-order valence-corrected chi connectivity index (χ2v) is 18.4. The average Bonchev–Trinajstić information content (AvgIpc) is 3.14. The van der Waals surface area contributed by atoms with Crippen LogP contribution in [0, 0.1) is 17.8 Å². The molecule has 2 aromatic rings. The quantitative estimate of drug-likeness (QED) is 0.402. The van der Waals surface area contributed by atoms with Gasteiger partial charge in [-0.1, -0.05) is 42.2 Å². The van der Waals surface area contributed by atoms with Gasteiger partial charge in [0.25, 0.3) is 5.91 Å². The van der Waals surface area contributed by atoms with Gasteiger partial charge in [0.1, 0.15) is 11.5 Å². The number of sulfonamides is 1. The first kappa shape index (κ1) is 33.9. The van der Waals surface area contributed by atoms with Crippen molar-refractivity contribution in [1.82, 2.24) is 4.72 Å². The van der Waals surface area contributed by atoms with Gasteiger partial charge in [0.05, 0.1) is 29.4 Å². The van der Waals surface area contributed by atoms with Gasteiger partial charge in [-0.15, -0.1) is 0 Å². The number of aliphatic hydroxyl groups is 1. The van der Waals surface area contributed by atoms with E-state index in [1.165, 1.54) is 11.1 Å². The Hall–Kier alpha value is -1.98. The SMILES string of the molecule is C[C@@H]1[C@@H](C)CCC[C@@](O)(CC[S+](C)[O-])[C@@H]2CC[C@H]2CN2C[C@@]3(CCCc4cc(Cl)ccc43)COc3ccc(cc32)C(=O)NS1(=O)=O. The lowest BCUT2D eigenvalue weighted by Gasteiger charge is -2.50. The predicted molar refractivity (Wildman–Crippen MR) is 184 cm³/mol. The molecule has 4 aliphatic rings. The number of rotatable bonds is 3. The molecule has 7 atom stereocenters. The van der Waals surface area contributed by atoms with Gasteiger partial charge in [-0.3, -0.25) is 4.79 Å². The van der Waals surface area contributed by atoms with E-state index in [0.29, 0.717) is 56.9 Å². The lowest BCUT2D eigenvalue weighted by Crippen LogP contribution is -2.53. The van der Waals surface area contributed by atoms with Crippen molar-refractivity contribution in [3.8, 4) is 5.75 Å². The second-order valence-electron chi connectivity index (χ2n) is 14.4. The smallest absolute Gasteiger partial charge is 0.264 e. The van der Waals surface area contributed by atoms with Crippen LogP contribution in [0.15, 0.2) is 36.4 Å². The Morgan fingerprint density at radius 3 is 2.67 bits per heavy atom. The van der Waals surface area contributed by atoms with Gasteiger partial charge in [0, 0.05) is 35.5 Å². The molecule has 252 valence electrons. The fourth-order valence-corrected chi connectivity index (χ4v) is 10.5. The Labute approximate surface area is 281 Å². The first-order valence-corrected chi connectivity index (χ1v) is 20.3. The Morgan fingerprint density at radius 2 is 1.93 bits per heavy atom. The van der Waals surface area contributed by atoms with Gasteiger partial charge in [-0.2, -0.15) is 0 Å². The predicted octanol–water partition coefficient (Wildman–Crippen LogP) is 5.61. The van der Waals surface area contributed by atoms with Gasteiger partial charge in [-0.05, 0) is 111 Å². The third-order valence-corrected chi connectivity index (χ3v) is 14.4. The molecule has 2 bridgehead atoms. The summed E-state index contributed by atoms with van der Waals surface area (Å²) in [6, 6.07) is 11.3. The van der Waals surface area contributed by atoms with Crippen molar-refractivity contribution in [3.63, 3.8) is 0 Å². The van der Waals surface area contributed by atoms with Crippen molar-refractivity contribution >= 4 is 44.4 Å². The number of halogens is 1. The molecular formula is C35H47ClN2O6S2. The van der Waals surface area contributed by atoms with E-state index in [0.717, 1.165) is 42.8 Å². The van der Waals surface area contributed by atoms with Crippen LogP contribution in [0.25, 0.3) is 0 Å². The molecule has 6 rings (SSSR count). The molecule has 1 saturated carbocycles. The van der Waals surface area contributed by atoms with Crippen molar-refractivity contribution in [2.45, 2.75) is 87.9 Å². The summed E-state index contributed by atoms with van der Waals surface area (Å²) < 4.78 is 47.8. The van der Waals surface area contributed by atoms with Crippen LogP contribution in [0.5, 0.6) is 5.75 Å². The zero-order chi connectivity index (χ0) is 32.9. The number of nitrogens with one attached hydrogen (secondary N) is 1. The Bertz CT molecular complexity index is 1570. The van der Waals surface area contributed by atoms with Crippen LogP contribution < -0.4 is 14.4 Å². The maximum Gasteiger partial charge on any atom is 0.264 e. The molecule has 0 radical (unpaired) electrons. The fourth-order valence-electron chi connectivity index (χ4n) is 8.40. The fraction of sp³-hybridized carbons (Fsp3) is 0.629. The minimum absolute atomic E-state index is 0.0351. The van der Waals surface area contributed by atoms with E-state index < -0.39 is 38.0 Å². The van der Waals surface area contributed by atoms with Crippen LogP contribution in [0.1, 0.15) is 86.7 Å². The summed E-state index contributed by atoms with van der Waals surface area (Å²) in [6.07, 6.45) is 8.67. The molecule has 2 heterocycles. The van der Waals surface area contributed by atoms with Gasteiger partial charge >= 0.3 is 0 Å². The Balaban J connectivity index is 1.43. The number of hydrogen-bond acceptors (Lipinski definition) is 7. The molecule has 1 spiro atoms.